The largest absolute Gasteiger partial charge is 0.497 e. The van der Waals surface area contributed by atoms with Crippen molar-refractivity contribution in [1.29, 1.82) is 0 Å². The molecule has 5 nitrogen and oxygen atoms in total. The molecule has 1 amide bonds. The molecule has 0 aliphatic carbocycles. The van der Waals surface area contributed by atoms with Gasteiger partial charge in [-0.1, -0.05) is 17.7 Å². The van der Waals surface area contributed by atoms with Gasteiger partial charge in [0.25, 0.3) is 5.91 Å². The van der Waals surface area contributed by atoms with Crippen LogP contribution in [0.15, 0.2) is 42.5 Å². The number of hydrogen-bond donors (Lipinski definition) is 1. The zero-order valence-electron chi connectivity index (χ0n) is 13.0. The summed E-state index contributed by atoms with van der Waals surface area (Å²) in [5.74, 6) is 1.69. The van der Waals surface area contributed by atoms with Crippen LogP contribution in [0.2, 0.25) is 5.02 Å². The monoisotopic (exact) mass is 335 g/mol. The average Bonchev–Trinajstić information content (AvgIpc) is 2.57. The number of nitrogens with one attached hydrogen (secondary N) is 1. The molecule has 0 bridgehead atoms. The molecule has 1 N–H and O–H groups in total. The number of carbonyl (C=O) groups excluding carboxylic acids is 1. The topological polar surface area (TPSA) is 56.8 Å². The SMILES string of the molecule is COc1ccc(OC)c(CNC(=O)COc2cccc(Cl)c2)c1. The summed E-state index contributed by atoms with van der Waals surface area (Å²) in [5.41, 5.74) is 0.822. The van der Waals surface area contributed by atoms with Crippen LogP contribution in [0, 0.1) is 0 Å². The van der Waals surface area contributed by atoms with Gasteiger partial charge in [-0.05, 0) is 36.4 Å². The standard InChI is InChI=1S/C17H18ClNO4/c1-21-14-6-7-16(22-2)12(8-14)10-19-17(20)11-23-15-5-3-4-13(18)9-15/h3-9H,10-11H2,1-2H3,(H,19,20). The fourth-order valence-electron chi connectivity index (χ4n) is 1.97. The third-order valence-electron chi connectivity index (χ3n) is 3.13. The van der Waals surface area contributed by atoms with E-state index in [0.29, 0.717) is 28.8 Å². The maximum absolute atomic E-state index is 11.9. The molecule has 6 heteroatoms. The molecule has 122 valence electrons. The highest BCUT2D eigenvalue weighted by molar-refractivity contribution is 6.30. The zero-order chi connectivity index (χ0) is 16.7. The van der Waals surface area contributed by atoms with Gasteiger partial charge in [-0.2, -0.15) is 0 Å². The van der Waals surface area contributed by atoms with Crippen molar-refractivity contribution < 1.29 is 19.0 Å². The highest BCUT2D eigenvalue weighted by Crippen LogP contribution is 2.23. The van der Waals surface area contributed by atoms with E-state index in [9.17, 15) is 4.79 Å². The summed E-state index contributed by atoms with van der Waals surface area (Å²) < 4.78 is 15.8. The van der Waals surface area contributed by atoms with Gasteiger partial charge in [0.15, 0.2) is 6.61 Å². The zero-order valence-corrected chi connectivity index (χ0v) is 13.7. The van der Waals surface area contributed by atoms with E-state index >= 15 is 0 Å². The number of ether oxygens (including phenoxy) is 3. The van der Waals surface area contributed by atoms with Crippen molar-refractivity contribution in [2.24, 2.45) is 0 Å². The smallest absolute Gasteiger partial charge is 0.258 e. The van der Waals surface area contributed by atoms with Crippen molar-refractivity contribution in [2.75, 3.05) is 20.8 Å². The Morgan fingerprint density at radius 1 is 1.09 bits per heavy atom. The molecule has 2 aromatic carbocycles. The minimum absolute atomic E-state index is 0.0906. The van der Waals surface area contributed by atoms with Crippen LogP contribution >= 0.6 is 11.6 Å². The Bertz CT molecular complexity index is 675. The highest BCUT2D eigenvalue weighted by atomic mass is 35.5. The van der Waals surface area contributed by atoms with E-state index in [4.69, 9.17) is 25.8 Å². The van der Waals surface area contributed by atoms with E-state index in [1.54, 1.807) is 50.6 Å². The quantitative estimate of drug-likeness (QED) is 0.845. The second-order valence-corrected chi connectivity index (χ2v) is 5.14. The molecule has 2 aromatic rings. The first kappa shape index (κ1) is 17.0. The van der Waals surface area contributed by atoms with E-state index in [2.05, 4.69) is 5.32 Å². The number of hydrogen-bond acceptors (Lipinski definition) is 4. The third kappa shape index (κ3) is 5.07. The molecule has 0 aliphatic rings. The van der Waals surface area contributed by atoms with Crippen LogP contribution in [0.25, 0.3) is 0 Å². The minimum Gasteiger partial charge on any atom is -0.497 e. The predicted octanol–water partition coefficient (Wildman–Crippen LogP) is 3.05. The first-order valence-electron chi connectivity index (χ1n) is 6.98. The van der Waals surface area contributed by atoms with Gasteiger partial charge in [0, 0.05) is 17.1 Å². The van der Waals surface area contributed by atoms with Crippen LogP contribution in [-0.2, 0) is 11.3 Å². The summed E-state index contributed by atoms with van der Waals surface area (Å²) in [6.07, 6.45) is 0. The van der Waals surface area contributed by atoms with Crippen LogP contribution in [0.1, 0.15) is 5.56 Å². The first-order chi connectivity index (χ1) is 11.1. The molecule has 0 aromatic heterocycles. The Morgan fingerprint density at radius 3 is 2.61 bits per heavy atom. The average molecular weight is 336 g/mol. The fraction of sp³-hybridized carbons (Fsp3) is 0.235. The lowest BCUT2D eigenvalue weighted by Crippen LogP contribution is -2.28. The highest BCUT2D eigenvalue weighted by Gasteiger charge is 2.08. The number of rotatable bonds is 7. The summed E-state index contributed by atoms with van der Waals surface area (Å²) in [6.45, 7) is 0.227. The molecule has 0 radical (unpaired) electrons. The van der Waals surface area contributed by atoms with Gasteiger partial charge >= 0.3 is 0 Å². The molecule has 0 unspecified atom stereocenters. The number of amides is 1. The van der Waals surface area contributed by atoms with E-state index in [-0.39, 0.29) is 12.5 Å². The van der Waals surface area contributed by atoms with E-state index in [0.717, 1.165) is 5.56 Å². The molecule has 0 aliphatic heterocycles. The van der Waals surface area contributed by atoms with E-state index < -0.39 is 0 Å². The Balaban J connectivity index is 1.89. The lowest BCUT2D eigenvalue weighted by Gasteiger charge is -2.12. The second kappa shape index (κ2) is 8.29. The van der Waals surface area contributed by atoms with Gasteiger partial charge in [0.2, 0.25) is 0 Å². The summed E-state index contributed by atoms with van der Waals surface area (Å²) in [6, 6.07) is 12.3. The normalized spacial score (nSPS) is 10.0. The van der Waals surface area contributed by atoms with E-state index in [1.165, 1.54) is 0 Å². The summed E-state index contributed by atoms with van der Waals surface area (Å²) in [4.78, 5) is 11.9. The van der Waals surface area contributed by atoms with Gasteiger partial charge < -0.3 is 19.5 Å². The molecule has 2 rings (SSSR count). The second-order valence-electron chi connectivity index (χ2n) is 4.70. The molecule has 0 saturated carbocycles. The first-order valence-corrected chi connectivity index (χ1v) is 7.36. The molecule has 0 heterocycles. The minimum atomic E-state index is -0.241. The van der Waals surface area contributed by atoms with Crippen molar-refractivity contribution in [2.45, 2.75) is 6.54 Å². The Morgan fingerprint density at radius 2 is 1.91 bits per heavy atom. The van der Waals surface area contributed by atoms with Gasteiger partial charge in [0.1, 0.15) is 17.2 Å². The van der Waals surface area contributed by atoms with Crippen LogP contribution < -0.4 is 19.5 Å². The van der Waals surface area contributed by atoms with Crippen LogP contribution in [0.3, 0.4) is 0 Å². The van der Waals surface area contributed by atoms with Crippen molar-refractivity contribution >= 4 is 17.5 Å². The molecule has 0 fully saturated rings. The molecule has 23 heavy (non-hydrogen) atoms. The lowest BCUT2D eigenvalue weighted by molar-refractivity contribution is -0.123. The van der Waals surface area contributed by atoms with Crippen LogP contribution in [0.4, 0.5) is 0 Å². The maximum atomic E-state index is 11.9. The third-order valence-corrected chi connectivity index (χ3v) is 3.36. The molecular weight excluding hydrogens is 318 g/mol. The number of carbonyl (C=O) groups is 1. The summed E-state index contributed by atoms with van der Waals surface area (Å²) in [5, 5.41) is 3.34. The van der Waals surface area contributed by atoms with Crippen molar-refractivity contribution in [3.8, 4) is 17.2 Å². The van der Waals surface area contributed by atoms with Gasteiger partial charge in [-0.25, -0.2) is 0 Å². The van der Waals surface area contributed by atoms with Crippen LogP contribution in [0.5, 0.6) is 17.2 Å². The molecule has 0 atom stereocenters. The van der Waals surface area contributed by atoms with Crippen molar-refractivity contribution in [3.05, 3.63) is 53.1 Å². The molecule has 0 saturated heterocycles. The Kier molecular flexibility index (Phi) is 6.11. The molecular formula is C17H18ClNO4. The van der Waals surface area contributed by atoms with Gasteiger partial charge in [0.05, 0.1) is 14.2 Å². The maximum Gasteiger partial charge on any atom is 0.258 e. The van der Waals surface area contributed by atoms with Gasteiger partial charge in [-0.3, -0.25) is 4.79 Å². The summed E-state index contributed by atoms with van der Waals surface area (Å²) in [7, 11) is 3.17. The Hall–Kier alpha value is -2.40. The van der Waals surface area contributed by atoms with Crippen LogP contribution in [-0.4, -0.2) is 26.7 Å². The predicted molar refractivity (Wildman–Crippen MR) is 88.3 cm³/mol. The number of methoxy groups -OCH3 is 2. The van der Waals surface area contributed by atoms with E-state index in [1.807, 2.05) is 6.07 Å². The number of benzene rings is 2. The van der Waals surface area contributed by atoms with Crippen molar-refractivity contribution in [1.82, 2.24) is 5.32 Å². The molecule has 0 spiro atoms. The van der Waals surface area contributed by atoms with Gasteiger partial charge in [-0.15, -0.1) is 0 Å². The summed E-state index contributed by atoms with van der Waals surface area (Å²) >= 11 is 5.86. The van der Waals surface area contributed by atoms with Crippen molar-refractivity contribution in [3.63, 3.8) is 0 Å². The Labute approximate surface area is 140 Å². The fourth-order valence-corrected chi connectivity index (χ4v) is 2.15. The lowest BCUT2D eigenvalue weighted by atomic mass is 10.2. The number of halogens is 1.